The Bertz CT molecular complexity index is 624. The van der Waals surface area contributed by atoms with Gasteiger partial charge in [-0.1, -0.05) is 18.9 Å². The molecule has 0 aromatic heterocycles. The van der Waals surface area contributed by atoms with Crippen molar-refractivity contribution in [2.75, 3.05) is 19.8 Å². The molecule has 1 aromatic carbocycles. The molecule has 1 aliphatic carbocycles. The Morgan fingerprint density at radius 3 is 2.62 bits per heavy atom. The normalized spacial score (nSPS) is 20.4. The zero-order chi connectivity index (χ0) is 14.9. The van der Waals surface area contributed by atoms with Gasteiger partial charge in [-0.3, -0.25) is 0 Å². The van der Waals surface area contributed by atoms with Crippen LogP contribution in [0.2, 0.25) is 0 Å². The first kappa shape index (κ1) is 14.6. The predicted molar refractivity (Wildman–Crippen MR) is 78.0 cm³/mol. The number of hydrogen-bond donors (Lipinski definition) is 2. The van der Waals surface area contributed by atoms with E-state index in [0.717, 1.165) is 25.7 Å². The van der Waals surface area contributed by atoms with Gasteiger partial charge in [0, 0.05) is 12.1 Å². The minimum atomic E-state index is -3.69. The molecule has 1 heterocycles. The maximum Gasteiger partial charge on any atom is 0.244 e. The highest BCUT2D eigenvalue weighted by Crippen LogP contribution is 2.38. The van der Waals surface area contributed by atoms with E-state index in [1.807, 2.05) is 0 Å². The van der Waals surface area contributed by atoms with E-state index < -0.39 is 15.6 Å². The molecule has 0 unspecified atom stereocenters. The molecule has 1 fully saturated rings. The standard InChI is InChI=1S/C14H20N2O4S/c15-10-14(6-1-2-7-14)16-21(17,18)12-5-3-4-11-13(12)20-9-8-19-11/h3-5,16H,1-2,6-10,15H2. The zero-order valence-electron chi connectivity index (χ0n) is 11.8. The molecule has 0 atom stereocenters. The monoisotopic (exact) mass is 312 g/mol. The maximum absolute atomic E-state index is 12.7. The zero-order valence-corrected chi connectivity index (χ0v) is 12.6. The van der Waals surface area contributed by atoms with Crippen LogP contribution in [0.1, 0.15) is 25.7 Å². The third-order valence-electron chi connectivity index (χ3n) is 4.12. The van der Waals surface area contributed by atoms with Crippen molar-refractivity contribution < 1.29 is 17.9 Å². The molecule has 0 spiro atoms. The first-order chi connectivity index (χ1) is 10.1. The minimum absolute atomic E-state index is 0.124. The van der Waals surface area contributed by atoms with Crippen molar-refractivity contribution in [3.05, 3.63) is 18.2 Å². The molecule has 1 aliphatic heterocycles. The van der Waals surface area contributed by atoms with Gasteiger partial charge in [0.1, 0.15) is 18.1 Å². The van der Waals surface area contributed by atoms with E-state index in [-0.39, 0.29) is 4.90 Å². The molecule has 0 radical (unpaired) electrons. The van der Waals surface area contributed by atoms with Crippen molar-refractivity contribution in [3.8, 4) is 11.5 Å². The number of rotatable bonds is 4. The SMILES string of the molecule is NCC1(NS(=O)(=O)c2cccc3c2OCCO3)CCCC1. The summed E-state index contributed by atoms with van der Waals surface area (Å²) in [4.78, 5) is 0.124. The van der Waals surface area contributed by atoms with Crippen molar-refractivity contribution in [1.82, 2.24) is 4.72 Å². The van der Waals surface area contributed by atoms with Gasteiger partial charge in [-0.2, -0.15) is 0 Å². The molecule has 21 heavy (non-hydrogen) atoms. The van der Waals surface area contributed by atoms with Gasteiger partial charge in [-0.15, -0.1) is 0 Å². The van der Waals surface area contributed by atoms with Gasteiger partial charge in [0.05, 0.1) is 0 Å². The lowest BCUT2D eigenvalue weighted by molar-refractivity contribution is 0.167. The van der Waals surface area contributed by atoms with Crippen LogP contribution in [-0.4, -0.2) is 33.7 Å². The number of nitrogens with two attached hydrogens (primary N) is 1. The highest BCUT2D eigenvalue weighted by atomic mass is 32.2. The Labute approximate surface area is 124 Å². The van der Waals surface area contributed by atoms with Gasteiger partial charge in [-0.05, 0) is 25.0 Å². The third-order valence-corrected chi connectivity index (χ3v) is 5.72. The van der Waals surface area contributed by atoms with E-state index >= 15 is 0 Å². The van der Waals surface area contributed by atoms with Gasteiger partial charge >= 0.3 is 0 Å². The molecular weight excluding hydrogens is 292 g/mol. The number of benzene rings is 1. The summed E-state index contributed by atoms with van der Waals surface area (Å²) in [6.07, 6.45) is 3.53. The van der Waals surface area contributed by atoms with Gasteiger partial charge in [0.2, 0.25) is 10.0 Å². The van der Waals surface area contributed by atoms with Crippen molar-refractivity contribution in [1.29, 1.82) is 0 Å². The average Bonchev–Trinajstić information content (AvgIpc) is 2.95. The molecule has 0 bridgehead atoms. The number of nitrogens with one attached hydrogen (secondary N) is 1. The highest BCUT2D eigenvalue weighted by molar-refractivity contribution is 7.89. The van der Waals surface area contributed by atoms with E-state index in [9.17, 15) is 8.42 Å². The highest BCUT2D eigenvalue weighted by Gasteiger charge is 2.38. The molecule has 0 saturated heterocycles. The van der Waals surface area contributed by atoms with Crippen LogP contribution in [0, 0.1) is 0 Å². The molecule has 3 N–H and O–H groups in total. The van der Waals surface area contributed by atoms with Crippen LogP contribution in [0.15, 0.2) is 23.1 Å². The van der Waals surface area contributed by atoms with Crippen LogP contribution < -0.4 is 19.9 Å². The fourth-order valence-corrected chi connectivity index (χ4v) is 4.63. The second-order valence-corrected chi connectivity index (χ2v) is 7.23. The Hall–Kier alpha value is -1.31. The van der Waals surface area contributed by atoms with Crippen LogP contribution in [0.3, 0.4) is 0 Å². The van der Waals surface area contributed by atoms with E-state index in [2.05, 4.69) is 4.72 Å². The Balaban J connectivity index is 1.95. The van der Waals surface area contributed by atoms with Crippen molar-refractivity contribution in [3.63, 3.8) is 0 Å². The number of para-hydroxylation sites is 1. The molecule has 1 saturated carbocycles. The fourth-order valence-electron chi connectivity index (χ4n) is 3.00. The lowest BCUT2D eigenvalue weighted by Gasteiger charge is -2.29. The Morgan fingerprint density at radius 1 is 1.19 bits per heavy atom. The average molecular weight is 312 g/mol. The first-order valence-corrected chi connectivity index (χ1v) is 8.67. The fraction of sp³-hybridized carbons (Fsp3) is 0.571. The molecule has 7 heteroatoms. The van der Waals surface area contributed by atoms with Crippen LogP contribution in [0.4, 0.5) is 0 Å². The second-order valence-electron chi connectivity index (χ2n) is 5.58. The number of ether oxygens (including phenoxy) is 2. The summed E-state index contributed by atoms with van der Waals surface area (Å²) in [5, 5.41) is 0. The minimum Gasteiger partial charge on any atom is -0.486 e. The van der Waals surface area contributed by atoms with Crippen LogP contribution in [0.25, 0.3) is 0 Å². The number of sulfonamides is 1. The van der Waals surface area contributed by atoms with Gasteiger partial charge < -0.3 is 15.2 Å². The maximum atomic E-state index is 12.7. The van der Waals surface area contributed by atoms with Crippen molar-refractivity contribution in [2.45, 2.75) is 36.1 Å². The number of fused-ring (bicyclic) bond motifs is 1. The van der Waals surface area contributed by atoms with E-state index in [0.29, 0.717) is 31.3 Å². The molecule has 2 aliphatic rings. The van der Waals surface area contributed by atoms with Crippen LogP contribution in [-0.2, 0) is 10.0 Å². The quantitative estimate of drug-likeness (QED) is 0.866. The van der Waals surface area contributed by atoms with E-state index in [1.54, 1.807) is 12.1 Å². The molecular formula is C14H20N2O4S. The Kier molecular flexibility index (Phi) is 3.81. The molecule has 6 nitrogen and oxygen atoms in total. The van der Waals surface area contributed by atoms with Gasteiger partial charge in [-0.25, -0.2) is 13.1 Å². The largest absolute Gasteiger partial charge is 0.486 e. The first-order valence-electron chi connectivity index (χ1n) is 7.19. The predicted octanol–water partition coefficient (Wildman–Crippen LogP) is 1.01. The van der Waals surface area contributed by atoms with Gasteiger partial charge in [0.15, 0.2) is 11.5 Å². The lowest BCUT2D eigenvalue weighted by Crippen LogP contribution is -2.51. The summed E-state index contributed by atoms with van der Waals surface area (Å²) in [5.74, 6) is 0.763. The van der Waals surface area contributed by atoms with Crippen LogP contribution in [0.5, 0.6) is 11.5 Å². The summed E-state index contributed by atoms with van der Waals surface area (Å²) in [7, 11) is -3.69. The van der Waals surface area contributed by atoms with E-state index in [1.165, 1.54) is 6.07 Å². The smallest absolute Gasteiger partial charge is 0.244 e. The topological polar surface area (TPSA) is 90.7 Å². The number of hydrogen-bond acceptors (Lipinski definition) is 5. The Morgan fingerprint density at radius 2 is 1.90 bits per heavy atom. The third kappa shape index (κ3) is 2.73. The van der Waals surface area contributed by atoms with E-state index in [4.69, 9.17) is 15.2 Å². The summed E-state index contributed by atoms with van der Waals surface area (Å²) in [5.41, 5.74) is 5.28. The van der Waals surface area contributed by atoms with Gasteiger partial charge in [0.25, 0.3) is 0 Å². The van der Waals surface area contributed by atoms with Crippen molar-refractivity contribution in [2.24, 2.45) is 5.73 Å². The second kappa shape index (κ2) is 5.47. The molecule has 3 rings (SSSR count). The molecule has 1 aromatic rings. The molecule has 116 valence electrons. The molecule has 0 amide bonds. The summed E-state index contributed by atoms with van der Waals surface area (Å²) in [6, 6.07) is 4.91. The summed E-state index contributed by atoms with van der Waals surface area (Å²) >= 11 is 0. The van der Waals surface area contributed by atoms with Crippen LogP contribution >= 0.6 is 0 Å². The van der Waals surface area contributed by atoms with Crippen molar-refractivity contribution >= 4 is 10.0 Å². The summed E-state index contributed by atoms with van der Waals surface area (Å²) < 4.78 is 39.2. The summed E-state index contributed by atoms with van der Waals surface area (Å²) in [6.45, 7) is 1.08. The lowest BCUT2D eigenvalue weighted by atomic mass is 10.0.